The molecule has 1 unspecified atom stereocenters. The Morgan fingerprint density at radius 2 is 1.74 bits per heavy atom. The number of hydrogen-bond donors (Lipinski definition) is 3. The first-order chi connectivity index (χ1) is 12.8. The second-order valence-electron chi connectivity index (χ2n) is 7.64. The standard InChI is InChI=1S/C19H28N2O5S/c22-18(16-10-5-2-6-11-16)20-27(25,26)21-13-7-12-17(19(21,23)24)14-15-8-3-1-4-9-15/h2,5-6,10-11,15,17,23-24H,1,3-4,7-9,12-14H2,(H,20,22). The van der Waals surface area contributed by atoms with E-state index in [4.69, 9.17) is 0 Å². The zero-order valence-electron chi connectivity index (χ0n) is 15.4. The first-order valence-corrected chi connectivity index (χ1v) is 11.1. The molecule has 1 saturated carbocycles. The van der Waals surface area contributed by atoms with Gasteiger partial charge in [0, 0.05) is 18.0 Å². The number of nitrogens with one attached hydrogen (secondary N) is 1. The molecule has 1 aliphatic heterocycles. The number of nitrogens with zero attached hydrogens (tertiary/aromatic N) is 1. The molecule has 7 nitrogen and oxygen atoms in total. The minimum atomic E-state index is -4.38. The van der Waals surface area contributed by atoms with E-state index < -0.39 is 27.9 Å². The van der Waals surface area contributed by atoms with Crippen LogP contribution in [0.3, 0.4) is 0 Å². The van der Waals surface area contributed by atoms with E-state index in [1.54, 1.807) is 18.2 Å². The molecule has 27 heavy (non-hydrogen) atoms. The number of amides is 1. The molecule has 0 spiro atoms. The Balaban J connectivity index is 1.72. The minimum Gasteiger partial charge on any atom is -0.352 e. The lowest BCUT2D eigenvalue weighted by molar-refractivity contribution is -0.283. The largest absolute Gasteiger partial charge is 0.352 e. The Kier molecular flexibility index (Phi) is 6.20. The van der Waals surface area contributed by atoms with Gasteiger partial charge in [-0.15, -0.1) is 4.31 Å². The fraction of sp³-hybridized carbons (Fsp3) is 0.632. The highest BCUT2D eigenvalue weighted by atomic mass is 32.2. The van der Waals surface area contributed by atoms with Gasteiger partial charge in [0.1, 0.15) is 0 Å². The molecule has 1 atom stereocenters. The maximum absolute atomic E-state index is 12.7. The second-order valence-corrected chi connectivity index (χ2v) is 9.24. The summed E-state index contributed by atoms with van der Waals surface area (Å²) in [5.74, 6) is -3.44. The number of benzene rings is 1. The van der Waals surface area contributed by atoms with Crippen LogP contribution in [0.2, 0.25) is 0 Å². The van der Waals surface area contributed by atoms with Crippen molar-refractivity contribution in [3.05, 3.63) is 35.9 Å². The summed E-state index contributed by atoms with van der Waals surface area (Å²) in [7, 11) is -4.38. The Hall–Kier alpha value is -1.48. The molecule has 2 fully saturated rings. The fourth-order valence-corrected chi connectivity index (χ4v) is 5.60. The SMILES string of the molecule is O=C(NS(=O)(=O)N1CCCC(CC2CCCCC2)C1(O)O)c1ccccc1. The molecule has 1 saturated heterocycles. The molecule has 3 N–H and O–H groups in total. The Labute approximate surface area is 160 Å². The van der Waals surface area contributed by atoms with E-state index in [0.29, 0.717) is 29.5 Å². The molecule has 0 radical (unpaired) electrons. The van der Waals surface area contributed by atoms with Crippen LogP contribution in [0, 0.1) is 11.8 Å². The van der Waals surface area contributed by atoms with Gasteiger partial charge in [-0.05, 0) is 37.3 Å². The Morgan fingerprint density at radius 1 is 1.07 bits per heavy atom. The third-order valence-electron chi connectivity index (χ3n) is 5.72. The van der Waals surface area contributed by atoms with Crippen molar-refractivity contribution in [2.24, 2.45) is 11.8 Å². The van der Waals surface area contributed by atoms with Crippen LogP contribution in [-0.2, 0) is 10.2 Å². The summed E-state index contributed by atoms with van der Waals surface area (Å²) >= 11 is 0. The van der Waals surface area contributed by atoms with Crippen LogP contribution in [0.15, 0.2) is 30.3 Å². The van der Waals surface area contributed by atoms with Crippen LogP contribution in [0.1, 0.15) is 61.7 Å². The van der Waals surface area contributed by atoms with Crippen molar-refractivity contribution in [1.29, 1.82) is 0 Å². The average Bonchev–Trinajstić information content (AvgIpc) is 2.64. The molecular weight excluding hydrogens is 368 g/mol. The number of carbonyl (C=O) groups excluding carboxylic acids is 1. The van der Waals surface area contributed by atoms with Crippen molar-refractivity contribution in [2.45, 2.75) is 57.3 Å². The van der Waals surface area contributed by atoms with Gasteiger partial charge in [0.25, 0.3) is 5.91 Å². The highest BCUT2D eigenvalue weighted by Gasteiger charge is 2.50. The minimum absolute atomic E-state index is 0.0361. The Morgan fingerprint density at radius 3 is 2.41 bits per heavy atom. The van der Waals surface area contributed by atoms with E-state index in [1.165, 1.54) is 18.6 Å². The first kappa shape index (κ1) is 20.3. The van der Waals surface area contributed by atoms with Gasteiger partial charge in [-0.1, -0.05) is 50.3 Å². The predicted molar refractivity (Wildman–Crippen MR) is 101 cm³/mol. The van der Waals surface area contributed by atoms with Gasteiger partial charge in [-0.25, -0.2) is 4.72 Å². The number of rotatable bonds is 5. The van der Waals surface area contributed by atoms with Crippen molar-refractivity contribution in [1.82, 2.24) is 9.03 Å². The van der Waals surface area contributed by atoms with Crippen LogP contribution in [-0.4, -0.2) is 41.3 Å². The van der Waals surface area contributed by atoms with E-state index in [1.807, 2.05) is 4.72 Å². The van der Waals surface area contributed by atoms with Crippen LogP contribution >= 0.6 is 0 Å². The molecule has 1 amide bonds. The topological polar surface area (TPSA) is 107 Å². The molecule has 1 aliphatic carbocycles. The lowest BCUT2D eigenvalue weighted by Gasteiger charge is -2.44. The summed E-state index contributed by atoms with van der Waals surface area (Å²) in [6.45, 7) is -0.0361. The predicted octanol–water partition coefficient (Wildman–Crippen LogP) is 1.98. The van der Waals surface area contributed by atoms with Crippen molar-refractivity contribution in [3.8, 4) is 0 Å². The summed E-state index contributed by atoms with van der Waals surface area (Å²) < 4.78 is 28.0. The van der Waals surface area contributed by atoms with Gasteiger partial charge in [0.2, 0.25) is 5.91 Å². The van der Waals surface area contributed by atoms with Crippen LogP contribution in [0.5, 0.6) is 0 Å². The van der Waals surface area contributed by atoms with Gasteiger partial charge in [0.15, 0.2) is 0 Å². The van der Waals surface area contributed by atoms with Crippen LogP contribution in [0.4, 0.5) is 0 Å². The van der Waals surface area contributed by atoms with Gasteiger partial charge in [-0.2, -0.15) is 8.42 Å². The summed E-state index contributed by atoms with van der Waals surface area (Å²) in [6.07, 6.45) is 7.24. The summed E-state index contributed by atoms with van der Waals surface area (Å²) in [4.78, 5) is 12.2. The zero-order chi connectivity index (χ0) is 19.5. The van der Waals surface area contributed by atoms with E-state index >= 15 is 0 Å². The number of hydrogen-bond acceptors (Lipinski definition) is 5. The number of aliphatic hydroxyl groups is 2. The lowest BCUT2D eigenvalue weighted by Crippen LogP contribution is -2.62. The highest BCUT2D eigenvalue weighted by Crippen LogP contribution is 2.39. The molecule has 2 aliphatic rings. The molecular formula is C19H28N2O5S. The maximum Gasteiger partial charge on any atom is 0.308 e. The van der Waals surface area contributed by atoms with Crippen LogP contribution < -0.4 is 4.72 Å². The maximum atomic E-state index is 12.7. The van der Waals surface area contributed by atoms with E-state index in [9.17, 15) is 23.4 Å². The number of piperidine rings is 1. The van der Waals surface area contributed by atoms with Crippen molar-refractivity contribution in [2.75, 3.05) is 6.54 Å². The average molecular weight is 397 g/mol. The first-order valence-electron chi connectivity index (χ1n) is 9.65. The zero-order valence-corrected chi connectivity index (χ0v) is 16.2. The lowest BCUT2D eigenvalue weighted by atomic mass is 9.79. The smallest absolute Gasteiger partial charge is 0.308 e. The van der Waals surface area contributed by atoms with Gasteiger partial charge in [0.05, 0.1) is 0 Å². The number of carbonyl (C=O) groups is 1. The molecule has 1 heterocycles. The quantitative estimate of drug-likeness (QED) is 0.660. The van der Waals surface area contributed by atoms with Gasteiger partial charge in [-0.3, -0.25) is 4.79 Å². The molecule has 1 aromatic carbocycles. The molecule has 1 aromatic rings. The molecule has 0 aromatic heterocycles. The fourth-order valence-electron chi connectivity index (χ4n) is 4.26. The molecule has 3 rings (SSSR count). The summed E-state index contributed by atoms with van der Waals surface area (Å²) in [5.41, 5.74) is 0.193. The van der Waals surface area contributed by atoms with Crippen molar-refractivity contribution < 1.29 is 23.4 Å². The van der Waals surface area contributed by atoms with E-state index in [-0.39, 0.29) is 12.1 Å². The summed E-state index contributed by atoms with van der Waals surface area (Å²) in [5, 5.41) is 21.4. The normalized spacial score (nSPS) is 24.4. The van der Waals surface area contributed by atoms with E-state index in [2.05, 4.69) is 0 Å². The monoisotopic (exact) mass is 396 g/mol. The Bertz CT molecular complexity index is 745. The molecule has 150 valence electrons. The summed E-state index contributed by atoms with van der Waals surface area (Å²) in [6, 6.07) is 7.98. The molecule has 8 heteroatoms. The van der Waals surface area contributed by atoms with Crippen LogP contribution in [0.25, 0.3) is 0 Å². The van der Waals surface area contributed by atoms with E-state index in [0.717, 1.165) is 25.7 Å². The highest BCUT2D eigenvalue weighted by molar-refractivity contribution is 7.87. The van der Waals surface area contributed by atoms with Crippen molar-refractivity contribution >= 4 is 16.1 Å². The van der Waals surface area contributed by atoms with Gasteiger partial charge >= 0.3 is 10.2 Å². The van der Waals surface area contributed by atoms with Gasteiger partial charge < -0.3 is 10.2 Å². The third kappa shape index (κ3) is 4.68. The van der Waals surface area contributed by atoms with Crippen molar-refractivity contribution in [3.63, 3.8) is 0 Å². The third-order valence-corrected chi connectivity index (χ3v) is 7.19. The second kappa shape index (κ2) is 8.26. The molecule has 0 bridgehead atoms.